The van der Waals surface area contributed by atoms with Crippen LogP contribution in [0.5, 0.6) is 5.75 Å². The van der Waals surface area contributed by atoms with E-state index in [0.717, 1.165) is 0 Å². The summed E-state index contributed by atoms with van der Waals surface area (Å²) in [5.41, 5.74) is 0.727. The van der Waals surface area contributed by atoms with Gasteiger partial charge in [-0.1, -0.05) is 26.0 Å². The number of nitrogens with two attached hydrogens (primary N) is 1. The zero-order valence-electron chi connectivity index (χ0n) is 18.8. The van der Waals surface area contributed by atoms with Gasteiger partial charge in [-0.25, -0.2) is 22.0 Å². The van der Waals surface area contributed by atoms with Crippen molar-refractivity contribution in [3.05, 3.63) is 53.6 Å². The second kappa shape index (κ2) is 9.99. The second-order valence-electron chi connectivity index (χ2n) is 7.16. The minimum atomic E-state index is -3.89. The van der Waals surface area contributed by atoms with Crippen LogP contribution in [-0.2, 0) is 20.0 Å². The second-order valence-corrected chi connectivity index (χ2v) is 10.6. The number of hydrogen-bond donors (Lipinski definition) is 1. The molecule has 32 heavy (non-hydrogen) atoms. The predicted octanol–water partition coefficient (Wildman–Crippen LogP) is 2.21. The maximum absolute atomic E-state index is 13.2. The van der Waals surface area contributed by atoms with Crippen LogP contribution in [0.3, 0.4) is 0 Å². The van der Waals surface area contributed by atoms with Crippen molar-refractivity contribution >= 4 is 26.0 Å². The van der Waals surface area contributed by atoms with Crippen LogP contribution in [0.4, 0.5) is 0 Å². The number of ether oxygens (including phenoxy) is 1. The molecule has 0 saturated carbocycles. The molecular formula is C21H29N3O6S2. The molecule has 11 heteroatoms. The Morgan fingerprint density at radius 1 is 1.06 bits per heavy atom. The fourth-order valence-corrected chi connectivity index (χ4v) is 5.48. The quantitative estimate of drug-likeness (QED) is 0.583. The van der Waals surface area contributed by atoms with E-state index in [1.54, 1.807) is 40.0 Å². The number of carbonyl (C=O) groups is 1. The van der Waals surface area contributed by atoms with Gasteiger partial charge in [-0.3, -0.25) is 4.79 Å². The third-order valence-corrected chi connectivity index (χ3v) is 8.29. The smallest absolute Gasteiger partial charge is 0.254 e. The van der Waals surface area contributed by atoms with E-state index in [1.807, 2.05) is 0 Å². The summed E-state index contributed by atoms with van der Waals surface area (Å²) < 4.78 is 55.9. The molecule has 2 N–H and O–H groups in total. The number of methoxy groups -OCH3 is 1. The number of nitrogens with zero attached hydrogens (tertiary/aromatic N) is 2. The molecular weight excluding hydrogens is 454 g/mol. The first-order chi connectivity index (χ1) is 14.9. The molecule has 0 aliphatic rings. The summed E-state index contributed by atoms with van der Waals surface area (Å²) in [6, 6.07) is 9.76. The van der Waals surface area contributed by atoms with Crippen LogP contribution < -0.4 is 9.88 Å². The lowest BCUT2D eigenvalue weighted by Gasteiger charge is -2.26. The van der Waals surface area contributed by atoms with Gasteiger partial charge in [0.15, 0.2) is 0 Å². The molecule has 1 atom stereocenters. The van der Waals surface area contributed by atoms with E-state index < -0.39 is 32.0 Å². The van der Waals surface area contributed by atoms with E-state index in [0.29, 0.717) is 5.56 Å². The number of amides is 1. The van der Waals surface area contributed by atoms with Crippen LogP contribution in [0.15, 0.2) is 52.3 Å². The molecule has 0 aliphatic heterocycles. The molecule has 1 unspecified atom stereocenters. The number of sulfonamides is 2. The molecule has 2 aromatic rings. The highest BCUT2D eigenvalue weighted by Gasteiger charge is 2.28. The topological polar surface area (TPSA) is 127 Å². The van der Waals surface area contributed by atoms with Crippen LogP contribution in [0, 0.1) is 0 Å². The molecule has 0 aliphatic carbocycles. The SMILES string of the molecule is CCN(CC)S(=O)(=O)c1cc(C(=O)N(C)C(C)c2cccc(S(N)(=O)=O)c2)ccc1OC. The van der Waals surface area contributed by atoms with Gasteiger partial charge in [-0.15, -0.1) is 0 Å². The lowest BCUT2D eigenvalue weighted by molar-refractivity contribution is 0.0742. The predicted molar refractivity (Wildman–Crippen MR) is 121 cm³/mol. The zero-order chi connectivity index (χ0) is 24.3. The van der Waals surface area contributed by atoms with Crippen molar-refractivity contribution in [2.45, 2.75) is 36.6 Å². The lowest BCUT2D eigenvalue weighted by Crippen LogP contribution is -2.32. The lowest BCUT2D eigenvalue weighted by atomic mass is 10.1. The maximum atomic E-state index is 13.2. The number of carbonyl (C=O) groups excluding carboxylic acids is 1. The average molecular weight is 484 g/mol. The molecule has 1 amide bonds. The Balaban J connectivity index is 2.45. The molecule has 0 bridgehead atoms. The molecule has 0 fully saturated rings. The van der Waals surface area contributed by atoms with Crippen molar-refractivity contribution in [2.75, 3.05) is 27.2 Å². The van der Waals surface area contributed by atoms with Crippen molar-refractivity contribution in [3.63, 3.8) is 0 Å². The Kier molecular flexibility index (Phi) is 8.05. The highest BCUT2D eigenvalue weighted by Crippen LogP contribution is 2.29. The van der Waals surface area contributed by atoms with Gasteiger partial charge in [0.1, 0.15) is 10.6 Å². The monoisotopic (exact) mass is 483 g/mol. The van der Waals surface area contributed by atoms with Crippen LogP contribution in [0.2, 0.25) is 0 Å². The molecule has 0 spiro atoms. The van der Waals surface area contributed by atoms with Gasteiger partial charge in [-0.2, -0.15) is 4.31 Å². The van der Waals surface area contributed by atoms with E-state index in [9.17, 15) is 21.6 Å². The third-order valence-electron chi connectivity index (χ3n) is 5.30. The van der Waals surface area contributed by atoms with Gasteiger partial charge in [0.05, 0.1) is 18.0 Å². The Labute approximate surface area is 189 Å². The van der Waals surface area contributed by atoms with E-state index in [4.69, 9.17) is 9.88 Å². The minimum Gasteiger partial charge on any atom is -0.495 e. The van der Waals surface area contributed by atoms with Crippen LogP contribution in [0.25, 0.3) is 0 Å². The van der Waals surface area contributed by atoms with Crippen molar-refractivity contribution in [1.82, 2.24) is 9.21 Å². The molecule has 176 valence electrons. The van der Waals surface area contributed by atoms with Gasteiger partial charge < -0.3 is 9.64 Å². The van der Waals surface area contributed by atoms with E-state index in [2.05, 4.69) is 0 Å². The highest BCUT2D eigenvalue weighted by molar-refractivity contribution is 7.89. The van der Waals surface area contributed by atoms with Gasteiger partial charge in [0.2, 0.25) is 20.0 Å². The first-order valence-corrected chi connectivity index (χ1v) is 12.9. The van der Waals surface area contributed by atoms with Gasteiger partial charge >= 0.3 is 0 Å². The first kappa shape index (κ1) is 25.8. The number of rotatable bonds is 9. The van der Waals surface area contributed by atoms with E-state index in [1.165, 1.54) is 46.6 Å². The minimum absolute atomic E-state index is 0.0558. The molecule has 0 heterocycles. The van der Waals surface area contributed by atoms with Crippen molar-refractivity contribution in [1.29, 1.82) is 0 Å². The van der Waals surface area contributed by atoms with Gasteiger partial charge in [0.25, 0.3) is 5.91 Å². The maximum Gasteiger partial charge on any atom is 0.254 e. The normalized spacial score (nSPS) is 13.1. The molecule has 0 aromatic heterocycles. The summed E-state index contributed by atoms with van der Waals surface area (Å²) in [7, 11) is -4.83. The van der Waals surface area contributed by atoms with Crippen LogP contribution in [-0.4, -0.2) is 59.2 Å². The van der Waals surface area contributed by atoms with Crippen molar-refractivity contribution < 1.29 is 26.4 Å². The van der Waals surface area contributed by atoms with Gasteiger partial charge in [0, 0.05) is 25.7 Å². The Bertz CT molecular complexity index is 1190. The average Bonchev–Trinajstić information content (AvgIpc) is 2.77. The van der Waals surface area contributed by atoms with Gasteiger partial charge in [-0.05, 0) is 42.8 Å². The summed E-state index contributed by atoms with van der Waals surface area (Å²) in [5.74, 6) is -0.290. The standard InChI is InChI=1S/C21H29N3O6S2/c1-6-24(7-2)32(28,29)20-14-17(11-12-19(20)30-5)21(25)23(4)15(3)16-9-8-10-18(13-16)31(22,26)27/h8-15H,6-7H2,1-5H3,(H2,22,26,27). The molecule has 2 aromatic carbocycles. The number of primary sulfonamides is 1. The number of benzene rings is 2. The fraction of sp³-hybridized carbons (Fsp3) is 0.381. The highest BCUT2D eigenvalue weighted by atomic mass is 32.2. The van der Waals surface area contributed by atoms with E-state index >= 15 is 0 Å². The van der Waals surface area contributed by atoms with Crippen molar-refractivity contribution in [2.24, 2.45) is 5.14 Å². The molecule has 0 saturated heterocycles. The summed E-state index contributed by atoms with van der Waals surface area (Å²) >= 11 is 0. The first-order valence-electron chi connectivity index (χ1n) is 9.96. The summed E-state index contributed by atoms with van der Waals surface area (Å²) in [4.78, 5) is 14.4. The number of hydrogen-bond acceptors (Lipinski definition) is 6. The Hall–Kier alpha value is -2.47. The van der Waals surface area contributed by atoms with Crippen molar-refractivity contribution in [3.8, 4) is 5.75 Å². The molecule has 2 rings (SSSR count). The fourth-order valence-electron chi connectivity index (χ4n) is 3.27. The third kappa shape index (κ3) is 5.29. The summed E-state index contributed by atoms with van der Waals surface area (Å²) in [6.07, 6.45) is 0. The summed E-state index contributed by atoms with van der Waals surface area (Å²) in [5, 5.41) is 5.20. The Morgan fingerprint density at radius 3 is 2.22 bits per heavy atom. The Morgan fingerprint density at radius 2 is 1.69 bits per heavy atom. The zero-order valence-corrected chi connectivity index (χ0v) is 20.4. The molecule has 0 radical (unpaired) electrons. The van der Waals surface area contributed by atoms with Crippen LogP contribution in [0.1, 0.15) is 42.7 Å². The van der Waals surface area contributed by atoms with Crippen LogP contribution >= 0.6 is 0 Å². The summed E-state index contributed by atoms with van der Waals surface area (Å²) in [6.45, 7) is 5.74. The van der Waals surface area contributed by atoms with E-state index in [-0.39, 0.29) is 34.2 Å². The largest absolute Gasteiger partial charge is 0.495 e. The molecule has 9 nitrogen and oxygen atoms in total.